The molecular weight excluding hydrogens is 338 g/mol. The number of carbonyl (C=O) groups excluding carboxylic acids is 2. The lowest BCUT2D eigenvalue weighted by Gasteiger charge is -2.10. The van der Waals surface area contributed by atoms with Crippen molar-refractivity contribution in [2.24, 2.45) is 0 Å². The zero-order valence-electron chi connectivity index (χ0n) is 15.5. The molecule has 0 bridgehead atoms. The van der Waals surface area contributed by atoms with Crippen molar-refractivity contribution in [2.75, 3.05) is 10.6 Å². The summed E-state index contributed by atoms with van der Waals surface area (Å²) in [6.07, 6.45) is 1.59. The minimum atomic E-state index is -0.266. The van der Waals surface area contributed by atoms with E-state index in [0.29, 0.717) is 11.3 Å². The average molecular weight is 359 g/mol. The zero-order chi connectivity index (χ0) is 19.4. The summed E-state index contributed by atoms with van der Waals surface area (Å²) in [4.78, 5) is 28.1. The van der Waals surface area contributed by atoms with Crippen molar-refractivity contribution in [3.8, 4) is 0 Å². The van der Waals surface area contributed by atoms with E-state index in [1.807, 2.05) is 44.2 Å². The molecule has 0 saturated carbocycles. The Bertz CT molecular complexity index is 995. The maximum absolute atomic E-state index is 12.5. The minimum absolute atomic E-state index is 0.0239. The number of hydrogen-bond acceptors (Lipinski definition) is 4. The number of aryl methyl sites for hydroxylation is 2. The predicted octanol–water partition coefficient (Wildman–Crippen LogP) is 4.90. The van der Waals surface area contributed by atoms with E-state index >= 15 is 0 Å². The smallest absolute Gasteiger partial charge is 0.274 e. The van der Waals surface area contributed by atoms with Gasteiger partial charge in [-0.05, 0) is 68.8 Å². The van der Waals surface area contributed by atoms with Crippen molar-refractivity contribution < 1.29 is 9.59 Å². The van der Waals surface area contributed by atoms with E-state index in [9.17, 15) is 9.59 Å². The van der Waals surface area contributed by atoms with Gasteiger partial charge in [0.15, 0.2) is 5.78 Å². The average Bonchev–Trinajstić information content (AvgIpc) is 2.64. The van der Waals surface area contributed by atoms with Crippen LogP contribution in [0.3, 0.4) is 0 Å². The maximum atomic E-state index is 12.5. The van der Waals surface area contributed by atoms with Crippen molar-refractivity contribution in [3.63, 3.8) is 0 Å². The number of nitrogens with zero attached hydrogens (tertiary/aromatic N) is 1. The molecule has 3 rings (SSSR count). The van der Waals surface area contributed by atoms with Gasteiger partial charge in [-0.2, -0.15) is 0 Å². The molecule has 0 radical (unpaired) electrons. The molecule has 2 aromatic carbocycles. The summed E-state index contributed by atoms with van der Waals surface area (Å²) >= 11 is 0. The normalized spacial score (nSPS) is 10.3. The summed E-state index contributed by atoms with van der Waals surface area (Å²) < 4.78 is 0. The monoisotopic (exact) mass is 359 g/mol. The quantitative estimate of drug-likeness (QED) is 0.636. The molecule has 0 spiro atoms. The van der Waals surface area contributed by atoms with Gasteiger partial charge in [-0.1, -0.05) is 17.7 Å². The molecule has 0 fully saturated rings. The molecule has 0 aliphatic rings. The Morgan fingerprint density at radius 2 is 1.63 bits per heavy atom. The number of hydrogen-bond donors (Lipinski definition) is 2. The number of anilines is 3. The first-order valence-electron chi connectivity index (χ1n) is 8.65. The van der Waals surface area contributed by atoms with Crippen molar-refractivity contribution in [3.05, 3.63) is 83.2 Å². The summed E-state index contributed by atoms with van der Waals surface area (Å²) in [5.41, 5.74) is 5.46. The third-order valence-electron chi connectivity index (χ3n) is 4.20. The van der Waals surface area contributed by atoms with E-state index in [4.69, 9.17) is 0 Å². The number of aromatic nitrogens is 1. The Balaban J connectivity index is 1.74. The summed E-state index contributed by atoms with van der Waals surface area (Å²) in [7, 11) is 0. The maximum Gasteiger partial charge on any atom is 0.274 e. The van der Waals surface area contributed by atoms with Gasteiger partial charge in [0.2, 0.25) is 0 Å². The van der Waals surface area contributed by atoms with Crippen LogP contribution in [-0.2, 0) is 0 Å². The van der Waals surface area contributed by atoms with Crippen LogP contribution in [0.5, 0.6) is 0 Å². The molecule has 1 heterocycles. The van der Waals surface area contributed by atoms with Gasteiger partial charge < -0.3 is 10.6 Å². The van der Waals surface area contributed by atoms with Gasteiger partial charge in [0.25, 0.3) is 5.91 Å². The molecule has 5 nitrogen and oxygen atoms in total. The highest BCUT2D eigenvalue weighted by Crippen LogP contribution is 2.20. The van der Waals surface area contributed by atoms with E-state index in [-0.39, 0.29) is 11.7 Å². The largest absolute Gasteiger partial charge is 0.355 e. The number of pyridine rings is 1. The molecule has 0 aliphatic carbocycles. The first-order valence-corrected chi connectivity index (χ1v) is 8.65. The molecule has 5 heteroatoms. The zero-order valence-corrected chi connectivity index (χ0v) is 15.5. The molecule has 2 N–H and O–H groups in total. The van der Waals surface area contributed by atoms with Gasteiger partial charge >= 0.3 is 0 Å². The lowest BCUT2D eigenvalue weighted by Crippen LogP contribution is -2.14. The fraction of sp³-hybridized carbons (Fsp3) is 0.136. The van der Waals surface area contributed by atoms with Crippen molar-refractivity contribution in [1.82, 2.24) is 4.98 Å². The van der Waals surface area contributed by atoms with Gasteiger partial charge in [0.05, 0.1) is 0 Å². The molecule has 3 aromatic rings. The summed E-state index contributed by atoms with van der Waals surface area (Å²) in [6, 6.07) is 16.5. The summed E-state index contributed by atoms with van der Waals surface area (Å²) in [5, 5.41) is 6.11. The molecule has 0 saturated heterocycles. The van der Waals surface area contributed by atoms with Gasteiger partial charge in [-0.3, -0.25) is 14.6 Å². The van der Waals surface area contributed by atoms with Gasteiger partial charge in [-0.25, -0.2) is 0 Å². The highest BCUT2D eigenvalue weighted by atomic mass is 16.2. The number of carbonyl (C=O) groups is 2. The van der Waals surface area contributed by atoms with Crippen LogP contribution in [0.25, 0.3) is 0 Å². The van der Waals surface area contributed by atoms with Gasteiger partial charge in [-0.15, -0.1) is 0 Å². The number of rotatable bonds is 5. The van der Waals surface area contributed by atoms with Crippen LogP contribution in [0.15, 0.2) is 60.8 Å². The molecule has 136 valence electrons. The van der Waals surface area contributed by atoms with Crippen LogP contribution < -0.4 is 10.6 Å². The molecular formula is C22H21N3O2. The van der Waals surface area contributed by atoms with Crippen LogP contribution in [0.4, 0.5) is 17.1 Å². The fourth-order valence-corrected chi connectivity index (χ4v) is 2.73. The Labute approximate surface area is 158 Å². The molecule has 0 unspecified atom stereocenters. The topological polar surface area (TPSA) is 71.1 Å². The van der Waals surface area contributed by atoms with Gasteiger partial charge in [0.1, 0.15) is 5.69 Å². The molecule has 0 atom stereocenters. The van der Waals surface area contributed by atoms with Crippen LogP contribution >= 0.6 is 0 Å². The number of amides is 1. The Morgan fingerprint density at radius 3 is 2.30 bits per heavy atom. The highest BCUT2D eigenvalue weighted by molar-refractivity contribution is 6.03. The minimum Gasteiger partial charge on any atom is -0.355 e. The van der Waals surface area contributed by atoms with E-state index in [0.717, 1.165) is 28.2 Å². The highest BCUT2D eigenvalue weighted by Gasteiger charge is 2.10. The van der Waals surface area contributed by atoms with Crippen LogP contribution in [0.1, 0.15) is 38.9 Å². The molecule has 1 aromatic heterocycles. The number of benzene rings is 2. The van der Waals surface area contributed by atoms with Crippen LogP contribution in [-0.4, -0.2) is 16.7 Å². The molecule has 27 heavy (non-hydrogen) atoms. The van der Waals surface area contributed by atoms with E-state index in [2.05, 4.69) is 15.6 Å². The predicted molar refractivity (Wildman–Crippen MR) is 108 cm³/mol. The third-order valence-corrected chi connectivity index (χ3v) is 4.20. The van der Waals surface area contributed by atoms with Crippen molar-refractivity contribution in [2.45, 2.75) is 20.8 Å². The lowest BCUT2D eigenvalue weighted by molar-refractivity contribution is 0.101. The summed E-state index contributed by atoms with van der Waals surface area (Å²) in [5.74, 6) is -0.242. The Hall–Kier alpha value is -3.47. The van der Waals surface area contributed by atoms with E-state index < -0.39 is 0 Å². The second kappa shape index (κ2) is 7.83. The Morgan fingerprint density at radius 1 is 0.889 bits per heavy atom. The number of ketones is 1. The van der Waals surface area contributed by atoms with Crippen molar-refractivity contribution >= 4 is 28.8 Å². The number of Topliss-reactive ketones (excluding diaryl/α,β-unsaturated/α-hetero) is 1. The second-order valence-corrected chi connectivity index (χ2v) is 6.46. The van der Waals surface area contributed by atoms with Gasteiger partial charge in [0, 0.05) is 28.8 Å². The second-order valence-electron chi connectivity index (χ2n) is 6.46. The van der Waals surface area contributed by atoms with E-state index in [1.165, 1.54) is 6.92 Å². The fourth-order valence-electron chi connectivity index (χ4n) is 2.73. The first kappa shape index (κ1) is 18.3. The van der Waals surface area contributed by atoms with Crippen LogP contribution in [0, 0.1) is 13.8 Å². The number of nitrogens with one attached hydrogen (secondary N) is 2. The van der Waals surface area contributed by atoms with Crippen LogP contribution in [0.2, 0.25) is 0 Å². The lowest BCUT2D eigenvalue weighted by atomic mass is 10.1. The molecule has 0 aliphatic heterocycles. The Kier molecular flexibility index (Phi) is 5.31. The molecule has 1 amide bonds. The summed E-state index contributed by atoms with van der Waals surface area (Å²) in [6.45, 7) is 5.50. The first-order chi connectivity index (χ1) is 12.9. The third kappa shape index (κ3) is 4.58. The SMILES string of the molecule is CC(=O)c1ccc(Nc2ccnc(C(=O)Nc3ccc(C)cc3C)c2)cc1. The van der Waals surface area contributed by atoms with E-state index in [1.54, 1.807) is 30.5 Å². The van der Waals surface area contributed by atoms with Crippen molar-refractivity contribution in [1.29, 1.82) is 0 Å². The standard InChI is InChI=1S/C22H21N3O2/c1-14-4-9-20(15(2)12-14)25-22(27)21-13-19(10-11-23-21)24-18-7-5-17(6-8-18)16(3)26/h4-13H,1-3H3,(H,23,24)(H,25,27).